The summed E-state index contributed by atoms with van der Waals surface area (Å²) in [6.45, 7) is 0. The fourth-order valence-electron chi connectivity index (χ4n) is 1.35. The normalized spacial score (nSPS) is 11.1. The van der Waals surface area contributed by atoms with Crippen LogP contribution in [-0.4, -0.2) is 13.4 Å². The van der Waals surface area contributed by atoms with Gasteiger partial charge in [-0.05, 0) is 23.6 Å². The third kappa shape index (κ3) is 2.87. The van der Waals surface area contributed by atoms with Crippen LogP contribution in [-0.2, 0) is 10.0 Å². The quantitative estimate of drug-likeness (QED) is 0.849. The summed E-state index contributed by atoms with van der Waals surface area (Å²) in [6.07, 6.45) is 0. The second-order valence-electron chi connectivity index (χ2n) is 3.51. The highest BCUT2D eigenvalue weighted by molar-refractivity contribution is 7.92. The van der Waals surface area contributed by atoms with Gasteiger partial charge in [-0.25, -0.2) is 8.42 Å². The van der Waals surface area contributed by atoms with Crippen LogP contribution in [0.5, 0.6) is 0 Å². The van der Waals surface area contributed by atoms with E-state index in [4.69, 9.17) is 18.0 Å². The number of nitrogens with one attached hydrogen (secondary N) is 1. The van der Waals surface area contributed by atoms with Gasteiger partial charge in [0.2, 0.25) is 0 Å². The van der Waals surface area contributed by atoms with E-state index in [9.17, 15) is 8.42 Å². The number of hydrogen-bond donors (Lipinski definition) is 2. The Morgan fingerprint density at radius 1 is 1.33 bits per heavy atom. The van der Waals surface area contributed by atoms with Gasteiger partial charge in [-0.2, -0.15) is 11.3 Å². The lowest BCUT2D eigenvalue weighted by molar-refractivity contribution is 0.601. The molecule has 0 spiro atoms. The summed E-state index contributed by atoms with van der Waals surface area (Å²) in [4.78, 5) is 0.307. The Labute approximate surface area is 115 Å². The number of hydrogen-bond acceptors (Lipinski definition) is 4. The highest BCUT2D eigenvalue weighted by Gasteiger charge is 2.15. The zero-order valence-electron chi connectivity index (χ0n) is 9.16. The average molecular weight is 298 g/mol. The molecule has 94 valence electrons. The molecule has 0 radical (unpaired) electrons. The van der Waals surface area contributed by atoms with Crippen molar-refractivity contribution >= 4 is 44.3 Å². The van der Waals surface area contributed by atoms with Crippen LogP contribution >= 0.6 is 23.6 Å². The van der Waals surface area contributed by atoms with Gasteiger partial charge < -0.3 is 5.73 Å². The van der Waals surface area contributed by atoms with Gasteiger partial charge in [0.05, 0.1) is 10.6 Å². The van der Waals surface area contributed by atoms with Gasteiger partial charge in [0.25, 0.3) is 10.0 Å². The van der Waals surface area contributed by atoms with E-state index in [0.717, 1.165) is 0 Å². The van der Waals surface area contributed by atoms with Crippen LogP contribution in [0.2, 0.25) is 0 Å². The van der Waals surface area contributed by atoms with Crippen LogP contribution in [0.3, 0.4) is 0 Å². The Morgan fingerprint density at radius 3 is 2.72 bits per heavy atom. The SMILES string of the molecule is NC(=S)c1cccc(S(=O)(=O)Nc2ccsc2)c1. The molecule has 0 aliphatic carbocycles. The maximum Gasteiger partial charge on any atom is 0.261 e. The molecule has 0 aliphatic heterocycles. The lowest BCUT2D eigenvalue weighted by Gasteiger charge is -2.07. The first-order valence-corrected chi connectivity index (χ1v) is 7.77. The van der Waals surface area contributed by atoms with Crippen molar-refractivity contribution in [3.05, 3.63) is 46.7 Å². The molecule has 2 aromatic rings. The van der Waals surface area contributed by atoms with Crippen molar-refractivity contribution in [3.63, 3.8) is 0 Å². The third-order valence-corrected chi connectivity index (χ3v) is 4.50. The summed E-state index contributed by atoms with van der Waals surface area (Å²) in [5, 5.41) is 3.51. The van der Waals surface area contributed by atoms with Gasteiger partial charge in [0.15, 0.2) is 0 Å². The van der Waals surface area contributed by atoms with Crippen LogP contribution < -0.4 is 10.5 Å². The molecule has 3 N–H and O–H groups in total. The second kappa shape index (κ2) is 5.05. The van der Waals surface area contributed by atoms with Crippen molar-refractivity contribution in [3.8, 4) is 0 Å². The Balaban J connectivity index is 2.35. The number of anilines is 1. The zero-order valence-corrected chi connectivity index (χ0v) is 11.6. The molecule has 0 fully saturated rings. The summed E-state index contributed by atoms with van der Waals surface area (Å²) < 4.78 is 26.6. The first-order chi connectivity index (χ1) is 8.49. The molecule has 1 aromatic carbocycles. The van der Waals surface area contributed by atoms with Gasteiger partial charge in [0, 0.05) is 10.9 Å². The highest BCUT2D eigenvalue weighted by atomic mass is 32.2. The minimum Gasteiger partial charge on any atom is -0.389 e. The van der Waals surface area contributed by atoms with Crippen LogP contribution in [0.4, 0.5) is 5.69 Å². The highest BCUT2D eigenvalue weighted by Crippen LogP contribution is 2.19. The molecule has 18 heavy (non-hydrogen) atoms. The van der Waals surface area contributed by atoms with E-state index >= 15 is 0 Å². The minimum atomic E-state index is -3.60. The number of thiophene rings is 1. The first-order valence-electron chi connectivity index (χ1n) is 4.94. The van der Waals surface area contributed by atoms with Crippen molar-refractivity contribution < 1.29 is 8.42 Å². The molecule has 4 nitrogen and oxygen atoms in total. The van der Waals surface area contributed by atoms with E-state index in [0.29, 0.717) is 11.3 Å². The van der Waals surface area contributed by atoms with Crippen LogP contribution in [0.1, 0.15) is 5.56 Å². The molecular formula is C11H10N2O2S3. The summed E-state index contributed by atoms with van der Waals surface area (Å²) in [5.74, 6) is 0. The molecule has 1 heterocycles. The summed E-state index contributed by atoms with van der Waals surface area (Å²) in [6, 6.07) is 7.93. The predicted octanol–water partition coefficient (Wildman–Crippen LogP) is 2.18. The third-order valence-electron chi connectivity index (χ3n) is 2.20. The molecule has 7 heteroatoms. The lowest BCUT2D eigenvalue weighted by atomic mass is 10.2. The summed E-state index contributed by atoms with van der Waals surface area (Å²) in [5.41, 5.74) is 6.55. The maximum atomic E-state index is 12.1. The van der Waals surface area contributed by atoms with E-state index < -0.39 is 10.0 Å². The zero-order chi connectivity index (χ0) is 13.2. The summed E-state index contributed by atoms with van der Waals surface area (Å²) in [7, 11) is -3.60. The summed E-state index contributed by atoms with van der Waals surface area (Å²) >= 11 is 6.24. The average Bonchev–Trinajstić information content (AvgIpc) is 2.81. The number of thiocarbonyl (C=S) groups is 1. The van der Waals surface area contributed by atoms with E-state index in [-0.39, 0.29) is 9.88 Å². The van der Waals surface area contributed by atoms with E-state index in [1.165, 1.54) is 23.5 Å². The molecule has 0 unspecified atom stereocenters. The van der Waals surface area contributed by atoms with Gasteiger partial charge in [-0.15, -0.1) is 0 Å². The Morgan fingerprint density at radius 2 is 2.11 bits per heavy atom. The fraction of sp³-hybridized carbons (Fsp3) is 0. The smallest absolute Gasteiger partial charge is 0.261 e. The second-order valence-corrected chi connectivity index (χ2v) is 6.41. The molecule has 2 rings (SSSR count). The van der Waals surface area contributed by atoms with Crippen LogP contribution in [0, 0.1) is 0 Å². The van der Waals surface area contributed by atoms with Crippen LogP contribution in [0.25, 0.3) is 0 Å². The predicted molar refractivity (Wildman–Crippen MR) is 77.5 cm³/mol. The number of benzene rings is 1. The number of nitrogens with two attached hydrogens (primary N) is 1. The molecule has 1 aromatic heterocycles. The largest absolute Gasteiger partial charge is 0.389 e. The molecule has 0 aliphatic rings. The molecule has 0 amide bonds. The Bertz CT molecular complexity index is 663. The first kappa shape index (κ1) is 13.0. The van der Waals surface area contributed by atoms with Gasteiger partial charge in [0.1, 0.15) is 4.99 Å². The van der Waals surface area contributed by atoms with Crippen LogP contribution in [0.15, 0.2) is 46.0 Å². The van der Waals surface area contributed by atoms with E-state index in [1.807, 2.05) is 0 Å². The number of sulfonamides is 1. The molecule has 0 bridgehead atoms. The fourth-order valence-corrected chi connectivity index (χ4v) is 3.24. The van der Waals surface area contributed by atoms with Crippen molar-refractivity contribution in [2.75, 3.05) is 4.72 Å². The Kier molecular flexibility index (Phi) is 3.65. The molecule has 0 saturated carbocycles. The lowest BCUT2D eigenvalue weighted by Crippen LogP contribution is -2.14. The molecular weight excluding hydrogens is 288 g/mol. The van der Waals surface area contributed by atoms with Gasteiger partial charge in [-0.1, -0.05) is 24.4 Å². The van der Waals surface area contributed by atoms with E-state index in [1.54, 1.807) is 29.0 Å². The number of rotatable bonds is 4. The van der Waals surface area contributed by atoms with Crippen molar-refractivity contribution in [2.45, 2.75) is 4.90 Å². The monoisotopic (exact) mass is 298 g/mol. The minimum absolute atomic E-state index is 0.138. The van der Waals surface area contributed by atoms with Gasteiger partial charge >= 0.3 is 0 Å². The topological polar surface area (TPSA) is 72.2 Å². The van der Waals surface area contributed by atoms with Gasteiger partial charge in [-0.3, -0.25) is 4.72 Å². The van der Waals surface area contributed by atoms with E-state index in [2.05, 4.69) is 4.72 Å². The van der Waals surface area contributed by atoms with Crippen molar-refractivity contribution in [2.24, 2.45) is 5.73 Å². The van der Waals surface area contributed by atoms with Crippen molar-refractivity contribution in [1.82, 2.24) is 0 Å². The molecule has 0 saturated heterocycles. The molecule has 0 atom stereocenters. The standard InChI is InChI=1S/C11H10N2O2S3/c12-11(16)8-2-1-3-10(6-8)18(14,15)13-9-4-5-17-7-9/h1-7,13H,(H2,12,16). The maximum absolute atomic E-state index is 12.1. The van der Waals surface area contributed by atoms with Crippen molar-refractivity contribution in [1.29, 1.82) is 0 Å². The Hall–Kier alpha value is -1.44.